The third-order valence-electron chi connectivity index (χ3n) is 1.13. The molecule has 0 unspecified atom stereocenters. The fraction of sp³-hybridized carbons (Fsp3) is 0.727. The third kappa shape index (κ3) is 13.0. The molecule has 0 aromatic rings. The maximum absolute atomic E-state index is 11.0. The number of alkyl carbamates (subject to hydrolysis) is 1. The van der Waals surface area contributed by atoms with Gasteiger partial charge in [-0.15, -0.1) is 6.58 Å². The summed E-state index contributed by atoms with van der Waals surface area (Å²) in [5.41, 5.74) is -0.511. The van der Waals surface area contributed by atoms with Crippen LogP contribution in [0.25, 0.3) is 0 Å². The molecule has 0 spiro atoms. The maximum atomic E-state index is 11.0. The van der Waals surface area contributed by atoms with Crippen LogP contribution in [0.5, 0.6) is 0 Å². The van der Waals surface area contributed by atoms with E-state index in [1.807, 2.05) is 13.8 Å². The van der Waals surface area contributed by atoms with Crippen LogP contribution in [0, 0.1) is 0 Å². The molecule has 90 valence electrons. The standard InChI is InChI=1S/C9H17NO3.C2H6/c1-5-7(11)6-10-8(12)13-9(2,3)4;1-2/h5,7,11H,1,6H2,2-4H3,(H,10,12);1-2H3/t7-;/m0./s1. The zero-order valence-corrected chi connectivity index (χ0v) is 10.3. The minimum atomic E-state index is -0.729. The van der Waals surface area contributed by atoms with Gasteiger partial charge in [0.05, 0.1) is 12.6 Å². The third-order valence-corrected chi connectivity index (χ3v) is 1.13. The topological polar surface area (TPSA) is 58.6 Å². The lowest BCUT2D eigenvalue weighted by Gasteiger charge is -2.20. The van der Waals surface area contributed by atoms with Gasteiger partial charge in [-0.25, -0.2) is 4.79 Å². The molecule has 4 nitrogen and oxygen atoms in total. The summed E-state index contributed by atoms with van der Waals surface area (Å²) < 4.78 is 4.94. The van der Waals surface area contributed by atoms with Crippen LogP contribution in [0.15, 0.2) is 12.7 Å². The number of aliphatic hydroxyl groups is 1. The monoisotopic (exact) mass is 217 g/mol. The van der Waals surface area contributed by atoms with E-state index in [9.17, 15) is 4.79 Å². The first-order valence-corrected chi connectivity index (χ1v) is 5.12. The van der Waals surface area contributed by atoms with E-state index in [0.29, 0.717) is 0 Å². The normalized spacial score (nSPS) is 11.9. The molecule has 1 amide bonds. The zero-order chi connectivity index (χ0) is 12.5. The number of aliphatic hydroxyl groups excluding tert-OH is 1. The van der Waals surface area contributed by atoms with Crippen LogP contribution >= 0.6 is 0 Å². The largest absolute Gasteiger partial charge is 0.444 e. The molecule has 0 saturated heterocycles. The van der Waals surface area contributed by atoms with E-state index in [1.165, 1.54) is 6.08 Å². The van der Waals surface area contributed by atoms with Gasteiger partial charge in [0, 0.05) is 0 Å². The van der Waals surface area contributed by atoms with Crippen LogP contribution in [0.2, 0.25) is 0 Å². The number of hydrogen-bond acceptors (Lipinski definition) is 3. The summed E-state index contributed by atoms with van der Waals surface area (Å²) in [5.74, 6) is 0. The van der Waals surface area contributed by atoms with Crippen molar-refractivity contribution in [2.24, 2.45) is 0 Å². The molecule has 0 aromatic carbocycles. The maximum Gasteiger partial charge on any atom is 0.407 e. The van der Waals surface area contributed by atoms with E-state index in [-0.39, 0.29) is 6.54 Å². The van der Waals surface area contributed by atoms with Gasteiger partial charge in [0.2, 0.25) is 0 Å². The van der Waals surface area contributed by atoms with Crippen molar-refractivity contribution < 1.29 is 14.6 Å². The van der Waals surface area contributed by atoms with Gasteiger partial charge in [0.25, 0.3) is 0 Å². The number of hydrogen-bond donors (Lipinski definition) is 2. The molecule has 4 heteroatoms. The lowest BCUT2D eigenvalue weighted by molar-refractivity contribution is 0.0505. The SMILES string of the molecule is C=C[C@H](O)CNC(=O)OC(C)(C)C.CC. The lowest BCUT2D eigenvalue weighted by atomic mass is 10.2. The van der Waals surface area contributed by atoms with Crippen molar-refractivity contribution in [1.82, 2.24) is 5.32 Å². The second-order valence-corrected chi connectivity index (χ2v) is 3.69. The summed E-state index contributed by atoms with van der Waals surface area (Å²) in [6, 6.07) is 0. The second-order valence-electron chi connectivity index (χ2n) is 3.69. The molecule has 0 fully saturated rings. The fourth-order valence-electron chi connectivity index (χ4n) is 0.585. The van der Waals surface area contributed by atoms with Gasteiger partial charge in [-0.1, -0.05) is 19.9 Å². The summed E-state index contributed by atoms with van der Waals surface area (Å²) in [7, 11) is 0. The molecule has 2 N–H and O–H groups in total. The molecule has 0 rings (SSSR count). The smallest absolute Gasteiger partial charge is 0.407 e. The lowest BCUT2D eigenvalue weighted by Crippen LogP contribution is -2.36. The van der Waals surface area contributed by atoms with Crippen molar-refractivity contribution in [1.29, 1.82) is 0 Å². The Hall–Kier alpha value is -1.03. The number of amides is 1. The highest BCUT2D eigenvalue weighted by molar-refractivity contribution is 5.67. The Morgan fingerprint density at radius 3 is 2.33 bits per heavy atom. The minimum Gasteiger partial charge on any atom is -0.444 e. The Morgan fingerprint density at radius 1 is 1.53 bits per heavy atom. The zero-order valence-electron chi connectivity index (χ0n) is 10.3. The van der Waals surface area contributed by atoms with Crippen molar-refractivity contribution in [3.63, 3.8) is 0 Å². The van der Waals surface area contributed by atoms with Gasteiger partial charge in [0.15, 0.2) is 0 Å². The first-order chi connectivity index (χ1) is 6.85. The first kappa shape index (κ1) is 16.4. The van der Waals surface area contributed by atoms with Gasteiger partial charge >= 0.3 is 6.09 Å². The molecule has 15 heavy (non-hydrogen) atoms. The highest BCUT2D eigenvalue weighted by atomic mass is 16.6. The summed E-state index contributed by atoms with van der Waals surface area (Å²) >= 11 is 0. The van der Waals surface area contributed by atoms with Crippen LogP contribution in [0.1, 0.15) is 34.6 Å². The number of ether oxygens (including phenoxy) is 1. The van der Waals surface area contributed by atoms with Crippen LogP contribution in [0.4, 0.5) is 4.79 Å². The van der Waals surface area contributed by atoms with E-state index in [1.54, 1.807) is 20.8 Å². The van der Waals surface area contributed by atoms with E-state index < -0.39 is 17.8 Å². The average Bonchev–Trinajstić information content (AvgIpc) is 2.14. The highest BCUT2D eigenvalue weighted by Crippen LogP contribution is 2.06. The summed E-state index contributed by atoms with van der Waals surface area (Å²) in [5, 5.41) is 11.4. The van der Waals surface area contributed by atoms with Gasteiger partial charge in [-0.2, -0.15) is 0 Å². The number of carbonyl (C=O) groups excluding carboxylic acids is 1. The van der Waals surface area contributed by atoms with Gasteiger partial charge in [0.1, 0.15) is 5.60 Å². The minimum absolute atomic E-state index is 0.123. The Kier molecular flexibility index (Phi) is 9.07. The van der Waals surface area contributed by atoms with Crippen molar-refractivity contribution in [3.05, 3.63) is 12.7 Å². The molecule has 0 heterocycles. The summed E-state index contributed by atoms with van der Waals surface area (Å²) in [6.07, 6.45) is 0.0816. The molecule has 0 saturated carbocycles. The Bertz CT molecular complexity index is 185. The number of nitrogens with one attached hydrogen (secondary N) is 1. The quantitative estimate of drug-likeness (QED) is 0.712. The van der Waals surface area contributed by atoms with E-state index in [0.717, 1.165) is 0 Å². The summed E-state index contributed by atoms with van der Waals surface area (Å²) in [6.45, 7) is 12.8. The molecule has 0 aliphatic carbocycles. The van der Waals surface area contributed by atoms with Crippen molar-refractivity contribution in [2.75, 3.05) is 6.54 Å². The fourth-order valence-corrected chi connectivity index (χ4v) is 0.585. The molecule has 0 aromatic heterocycles. The Morgan fingerprint density at radius 2 is 2.00 bits per heavy atom. The first-order valence-electron chi connectivity index (χ1n) is 5.12. The second kappa shape index (κ2) is 8.29. The van der Waals surface area contributed by atoms with Crippen LogP contribution in [-0.2, 0) is 4.74 Å². The predicted octanol–water partition coefficient (Wildman–Crippen LogP) is 2.08. The summed E-state index contributed by atoms with van der Waals surface area (Å²) in [4.78, 5) is 11.0. The molecule has 0 aliphatic rings. The van der Waals surface area contributed by atoms with E-state index >= 15 is 0 Å². The van der Waals surface area contributed by atoms with Crippen molar-refractivity contribution in [3.8, 4) is 0 Å². The molecule has 0 radical (unpaired) electrons. The van der Waals surface area contributed by atoms with Gasteiger partial charge in [-0.05, 0) is 20.8 Å². The highest BCUT2D eigenvalue weighted by Gasteiger charge is 2.15. The van der Waals surface area contributed by atoms with Gasteiger partial charge in [-0.3, -0.25) is 0 Å². The number of carbonyl (C=O) groups is 1. The molecule has 0 aliphatic heterocycles. The van der Waals surface area contributed by atoms with Crippen LogP contribution in [-0.4, -0.2) is 29.4 Å². The van der Waals surface area contributed by atoms with Crippen molar-refractivity contribution >= 4 is 6.09 Å². The van der Waals surface area contributed by atoms with Crippen LogP contribution in [0.3, 0.4) is 0 Å². The molecule has 0 bridgehead atoms. The molecular formula is C11H23NO3. The van der Waals surface area contributed by atoms with E-state index in [2.05, 4.69) is 11.9 Å². The Labute approximate surface area is 92.3 Å². The van der Waals surface area contributed by atoms with Crippen LogP contribution < -0.4 is 5.32 Å². The molecular weight excluding hydrogens is 194 g/mol. The predicted molar refractivity (Wildman–Crippen MR) is 61.8 cm³/mol. The Balaban J connectivity index is 0. The van der Waals surface area contributed by atoms with E-state index in [4.69, 9.17) is 9.84 Å². The molecule has 1 atom stereocenters. The van der Waals surface area contributed by atoms with Gasteiger partial charge < -0.3 is 15.2 Å². The average molecular weight is 217 g/mol. The van der Waals surface area contributed by atoms with Crippen molar-refractivity contribution in [2.45, 2.75) is 46.3 Å². The number of rotatable bonds is 3.